The summed E-state index contributed by atoms with van der Waals surface area (Å²) in [5.74, 6) is 2.05. The first-order chi connectivity index (χ1) is 11.9. The molecule has 25 heavy (non-hydrogen) atoms. The van der Waals surface area contributed by atoms with Crippen molar-refractivity contribution < 1.29 is 13.2 Å². The van der Waals surface area contributed by atoms with E-state index in [1.54, 1.807) is 6.33 Å². The van der Waals surface area contributed by atoms with Gasteiger partial charge in [-0.15, -0.1) is 10.2 Å². The van der Waals surface area contributed by atoms with Crippen molar-refractivity contribution in [2.24, 2.45) is 13.0 Å². The Morgan fingerprint density at radius 2 is 2.08 bits per heavy atom. The summed E-state index contributed by atoms with van der Waals surface area (Å²) in [6.07, 6.45) is -0.656. The van der Waals surface area contributed by atoms with Crippen LogP contribution in [0.4, 0.5) is 19.0 Å². The van der Waals surface area contributed by atoms with E-state index in [4.69, 9.17) is 0 Å². The molecule has 6 nitrogen and oxygen atoms in total. The number of nitrogens with zero attached hydrogens (tertiary/aromatic N) is 6. The first-order valence-corrected chi connectivity index (χ1v) is 8.27. The minimum Gasteiger partial charge on any atom is -0.355 e. The molecular weight excluding hydrogens is 333 g/mol. The fourth-order valence-electron chi connectivity index (χ4n) is 3.81. The van der Waals surface area contributed by atoms with Crippen LogP contribution in [0, 0.1) is 5.92 Å². The molecule has 2 aromatic rings. The number of hydrogen-bond donors (Lipinski definition) is 0. The van der Waals surface area contributed by atoms with Gasteiger partial charge in [0.15, 0.2) is 0 Å². The zero-order valence-corrected chi connectivity index (χ0v) is 13.8. The highest BCUT2D eigenvalue weighted by Crippen LogP contribution is 2.35. The molecule has 2 fully saturated rings. The lowest BCUT2D eigenvalue weighted by Gasteiger charge is -2.24. The Morgan fingerprint density at radius 3 is 2.72 bits per heavy atom. The van der Waals surface area contributed by atoms with E-state index in [-0.39, 0.29) is 0 Å². The molecule has 0 radical (unpaired) electrons. The summed E-state index contributed by atoms with van der Waals surface area (Å²) >= 11 is 0. The van der Waals surface area contributed by atoms with Crippen molar-refractivity contribution >= 4 is 5.82 Å². The van der Waals surface area contributed by atoms with E-state index >= 15 is 0 Å². The molecule has 2 unspecified atom stereocenters. The van der Waals surface area contributed by atoms with Crippen molar-refractivity contribution in [1.29, 1.82) is 0 Å². The van der Waals surface area contributed by atoms with Crippen molar-refractivity contribution in [2.45, 2.75) is 25.2 Å². The Balaban J connectivity index is 1.45. The zero-order chi connectivity index (χ0) is 17.6. The van der Waals surface area contributed by atoms with E-state index in [0.717, 1.165) is 50.7 Å². The molecule has 2 aliphatic rings. The SMILES string of the molecule is Cn1cnnc1CN1CCC2CN(c3ccc(C(F)(F)F)cn3)CC21. The maximum atomic E-state index is 12.7. The number of pyridine rings is 1. The highest BCUT2D eigenvalue weighted by Gasteiger charge is 2.42. The number of anilines is 1. The van der Waals surface area contributed by atoms with Gasteiger partial charge in [0, 0.05) is 32.4 Å². The molecule has 0 spiro atoms. The third kappa shape index (κ3) is 3.08. The summed E-state index contributed by atoms with van der Waals surface area (Å²) < 4.78 is 39.9. The van der Waals surface area contributed by atoms with Crippen LogP contribution in [0.15, 0.2) is 24.7 Å². The Kier molecular flexibility index (Phi) is 3.90. The lowest BCUT2D eigenvalue weighted by molar-refractivity contribution is -0.137. The molecule has 2 aliphatic heterocycles. The van der Waals surface area contributed by atoms with Crippen LogP contribution in [0.2, 0.25) is 0 Å². The summed E-state index contributed by atoms with van der Waals surface area (Å²) in [5, 5.41) is 8.06. The third-order valence-electron chi connectivity index (χ3n) is 5.21. The van der Waals surface area contributed by atoms with Crippen molar-refractivity contribution in [3.05, 3.63) is 36.0 Å². The number of alkyl halides is 3. The zero-order valence-electron chi connectivity index (χ0n) is 13.8. The molecule has 4 heterocycles. The molecule has 4 rings (SSSR count). The smallest absolute Gasteiger partial charge is 0.355 e. The van der Waals surface area contributed by atoms with Gasteiger partial charge in [0.05, 0.1) is 12.1 Å². The number of aromatic nitrogens is 4. The van der Waals surface area contributed by atoms with Crippen molar-refractivity contribution in [2.75, 3.05) is 24.5 Å². The maximum Gasteiger partial charge on any atom is 0.417 e. The van der Waals surface area contributed by atoms with Crippen LogP contribution in [0.5, 0.6) is 0 Å². The lowest BCUT2D eigenvalue weighted by atomic mass is 10.1. The highest BCUT2D eigenvalue weighted by molar-refractivity contribution is 5.42. The van der Waals surface area contributed by atoms with E-state index in [1.165, 1.54) is 6.07 Å². The van der Waals surface area contributed by atoms with Crippen LogP contribution < -0.4 is 4.90 Å². The van der Waals surface area contributed by atoms with Gasteiger partial charge in [0.25, 0.3) is 0 Å². The van der Waals surface area contributed by atoms with Gasteiger partial charge in [0.2, 0.25) is 0 Å². The first-order valence-electron chi connectivity index (χ1n) is 8.27. The average molecular weight is 352 g/mol. The van der Waals surface area contributed by atoms with Gasteiger partial charge in [-0.25, -0.2) is 4.98 Å². The van der Waals surface area contributed by atoms with E-state index in [9.17, 15) is 13.2 Å². The fourth-order valence-corrected chi connectivity index (χ4v) is 3.81. The number of likely N-dealkylation sites (tertiary alicyclic amines) is 1. The van der Waals surface area contributed by atoms with E-state index in [0.29, 0.717) is 17.8 Å². The summed E-state index contributed by atoms with van der Waals surface area (Å²) in [6, 6.07) is 2.95. The number of fused-ring (bicyclic) bond motifs is 1. The predicted molar refractivity (Wildman–Crippen MR) is 84.8 cm³/mol. The van der Waals surface area contributed by atoms with Gasteiger partial charge in [-0.05, 0) is 31.0 Å². The molecule has 9 heteroatoms. The molecule has 0 saturated carbocycles. The number of rotatable bonds is 3. The van der Waals surface area contributed by atoms with Crippen molar-refractivity contribution in [3.8, 4) is 0 Å². The summed E-state index contributed by atoms with van der Waals surface area (Å²) in [5.41, 5.74) is -0.709. The Bertz CT molecular complexity index is 741. The largest absolute Gasteiger partial charge is 0.417 e. The topological polar surface area (TPSA) is 50.1 Å². The molecule has 0 aliphatic carbocycles. The predicted octanol–water partition coefficient (Wildman–Crippen LogP) is 1.94. The van der Waals surface area contributed by atoms with E-state index in [1.807, 2.05) is 11.6 Å². The van der Waals surface area contributed by atoms with Gasteiger partial charge in [-0.3, -0.25) is 4.90 Å². The minimum absolute atomic E-state index is 0.376. The van der Waals surface area contributed by atoms with Gasteiger partial charge >= 0.3 is 6.18 Å². The van der Waals surface area contributed by atoms with Crippen molar-refractivity contribution in [1.82, 2.24) is 24.6 Å². The summed E-state index contributed by atoms with van der Waals surface area (Å²) in [4.78, 5) is 8.50. The molecule has 2 aromatic heterocycles. The molecule has 2 saturated heterocycles. The molecule has 2 atom stereocenters. The van der Waals surface area contributed by atoms with Gasteiger partial charge in [-0.1, -0.05) is 0 Å². The van der Waals surface area contributed by atoms with Crippen molar-refractivity contribution in [3.63, 3.8) is 0 Å². The van der Waals surface area contributed by atoms with E-state index in [2.05, 4.69) is 25.0 Å². The highest BCUT2D eigenvalue weighted by atomic mass is 19.4. The monoisotopic (exact) mass is 352 g/mol. The second kappa shape index (κ2) is 5.98. The minimum atomic E-state index is -4.35. The molecule has 134 valence electrons. The van der Waals surface area contributed by atoms with E-state index < -0.39 is 11.7 Å². The Labute approximate surface area is 143 Å². The first kappa shape index (κ1) is 16.3. The second-order valence-electron chi connectivity index (χ2n) is 6.75. The molecule has 0 aromatic carbocycles. The van der Waals surface area contributed by atoms with Gasteiger partial charge in [-0.2, -0.15) is 13.2 Å². The van der Waals surface area contributed by atoms with Crippen LogP contribution in [0.3, 0.4) is 0 Å². The maximum absolute atomic E-state index is 12.7. The average Bonchev–Trinajstić information content (AvgIpc) is 3.25. The van der Waals surface area contributed by atoms with Crippen LogP contribution in [0.1, 0.15) is 17.8 Å². The van der Waals surface area contributed by atoms with Crippen LogP contribution in [-0.4, -0.2) is 50.3 Å². The summed E-state index contributed by atoms with van der Waals surface area (Å²) in [6.45, 7) is 3.36. The van der Waals surface area contributed by atoms with Crippen LogP contribution in [-0.2, 0) is 19.8 Å². The third-order valence-corrected chi connectivity index (χ3v) is 5.21. The quantitative estimate of drug-likeness (QED) is 0.845. The van der Waals surface area contributed by atoms with Crippen LogP contribution in [0.25, 0.3) is 0 Å². The Hall–Kier alpha value is -2.16. The standard InChI is InChI=1S/C16H19F3N6/c1-23-10-21-22-15(23)9-24-5-4-11-7-25(8-13(11)24)14-3-2-12(6-20-14)16(17,18)19/h2-3,6,10-11,13H,4-5,7-9H2,1H3. The molecular formula is C16H19F3N6. The normalized spacial score (nSPS) is 24.1. The van der Waals surface area contributed by atoms with Crippen LogP contribution >= 0.6 is 0 Å². The number of halogens is 3. The summed E-state index contributed by atoms with van der Waals surface area (Å²) in [7, 11) is 1.93. The number of aryl methyl sites for hydroxylation is 1. The van der Waals surface area contributed by atoms with Gasteiger partial charge < -0.3 is 9.47 Å². The lowest BCUT2D eigenvalue weighted by Crippen LogP contribution is -2.35. The van der Waals surface area contributed by atoms with Gasteiger partial charge in [0.1, 0.15) is 18.0 Å². The second-order valence-corrected chi connectivity index (χ2v) is 6.75. The fraction of sp³-hybridized carbons (Fsp3) is 0.562. The Morgan fingerprint density at radius 1 is 1.24 bits per heavy atom. The molecule has 0 amide bonds. The molecule has 0 N–H and O–H groups in total. The number of hydrogen-bond acceptors (Lipinski definition) is 5. The molecule has 0 bridgehead atoms.